The maximum atomic E-state index is 13.0. The van der Waals surface area contributed by atoms with E-state index in [0.717, 1.165) is 0 Å². The highest BCUT2D eigenvalue weighted by atomic mass is 19.1. The van der Waals surface area contributed by atoms with Crippen molar-refractivity contribution in [2.24, 2.45) is 0 Å². The molecule has 0 aliphatic rings. The topological polar surface area (TPSA) is 58.6 Å². The number of benzene rings is 2. The lowest BCUT2D eigenvalue weighted by molar-refractivity contribution is 0.0948. The zero-order chi connectivity index (χ0) is 14.5. The molecule has 0 saturated heterocycles. The van der Waals surface area contributed by atoms with Crippen LogP contribution in [-0.4, -0.2) is 18.1 Å². The first kappa shape index (κ1) is 13.9. The molecule has 0 heterocycles. The van der Waals surface area contributed by atoms with Crippen molar-refractivity contribution >= 4 is 5.91 Å². The van der Waals surface area contributed by atoms with Gasteiger partial charge in [0.2, 0.25) is 0 Å². The third-order valence-electron chi connectivity index (χ3n) is 2.79. The quantitative estimate of drug-likeness (QED) is 0.901. The second-order valence-electron chi connectivity index (χ2n) is 4.20. The Morgan fingerprint density at radius 2 is 2.10 bits per heavy atom. The lowest BCUT2D eigenvalue weighted by Gasteiger charge is -2.08. The normalized spacial score (nSPS) is 10.1. The van der Waals surface area contributed by atoms with E-state index < -0.39 is 5.91 Å². The molecule has 4 nitrogen and oxygen atoms in total. The highest BCUT2D eigenvalue weighted by Crippen LogP contribution is 2.23. The van der Waals surface area contributed by atoms with Gasteiger partial charge < -0.3 is 15.2 Å². The van der Waals surface area contributed by atoms with Gasteiger partial charge >= 0.3 is 0 Å². The summed E-state index contributed by atoms with van der Waals surface area (Å²) in [5, 5.41) is 12.3. The van der Waals surface area contributed by atoms with E-state index in [4.69, 9.17) is 4.74 Å². The minimum absolute atomic E-state index is 0.141. The second kappa shape index (κ2) is 6.06. The van der Waals surface area contributed by atoms with Crippen LogP contribution in [0.15, 0.2) is 42.5 Å². The standard InChI is InChI=1S/C15H14FNO3/c1-20-12-5-6-13(14(18)8-12)15(19)17-9-10-3-2-4-11(16)7-10/h2-8,18H,9H2,1H3,(H,17,19). The van der Waals surface area contributed by atoms with Crippen molar-refractivity contribution in [3.8, 4) is 11.5 Å². The molecule has 2 rings (SSSR count). The van der Waals surface area contributed by atoms with Crippen LogP contribution < -0.4 is 10.1 Å². The van der Waals surface area contributed by atoms with Crippen LogP contribution in [0.2, 0.25) is 0 Å². The van der Waals surface area contributed by atoms with Gasteiger partial charge in [-0.05, 0) is 29.8 Å². The molecule has 0 atom stereocenters. The zero-order valence-electron chi connectivity index (χ0n) is 10.9. The predicted molar refractivity (Wildman–Crippen MR) is 72.2 cm³/mol. The molecule has 5 heteroatoms. The van der Waals surface area contributed by atoms with Crippen LogP contribution in [-0.2, 0) is 6.54 Å². The number of carbonyl (C=O) groups excluding carboxylic acids is 1. The number of amides is 1. The first-order valence-electron chi connectivity index (χ1n) is 6.00. The molecule has 1 amide bonds. The Balaban J connectivity index is 2.05. The van der Waals surface area contributed by atoms with Gasteiger partial charge in [0.05, 0.1) is 12.7 Å². The molecule has 0 spiro atoms. The molecule has 0 fully saturated rings. The summed E-state index contributed by atoms with van der Waals surface area (Å²) < 4.78 is 17.9. The third-order valence-corrected chi connectivity index (χ3v) is 2.79. The van der Waals surface area contributed by atoms with Crippen molar-refractivity contribution in [2.45, 2.75) is 6.54 Å². The Hall–Kier alpha value is -2.56. The second-order valence-corrected chi connectivity index (χ2v) is 4.20. The van der Waals surface area contributed by atoms with Crippen LogP contribution >= 0.6 is 0 Å². The summed E-state index contributed by atoms with van der Waals surface area (Å²) in [5.41, 5.74) is 0.786. The highest BCUT2D eigenvalue weighted by molar-refractivity contribution is 5.96. The summed E-state index contributed by atoms with van der Waals surface area (Å²) in [4.78, 5) is 11.9. The van der Waals surface area contributed by atoms with Crippen LogP contribution in [0.1, 0.15) is 15.9 Å². The van der Waals surface area contributed by atoms with Crippen molar-refractivity contribution in [2.75, 3.05) is 7.11 Å². The molecule has 0 aromatic heterocycles. The van der Waals surface area contributed by atoms with E-state index in [1.165, 1.54) is 31.4 Å². The first-order valence-corrected chi connectivity index (χ1v) is 6.00. The van der Waals surface area contributed by atoms with E-state index in [0.29, 0.717) is 11.3 Å². The summed E-state index contributed by atoms with van der Waals surface area (Å²) in [7, 11) is 1.47. The van der Waals surface area contributed by atoms with Gasteiger partial charge in [-0.25, -0.2) is 4.39 Å². The Kier molecular flexibility index (Phi) is 4.20. The van der Waals surface area contributed by atoms with Crippen molar-refractivity contribution in [1.82, 2.24) is 5.32 Å². The molecule has 0 bridgehead atoms. The fourth-order valence-corrected chi connectivity index (χ4v) is 1.75. The number of methoxy groups -OCH3 is 1. The molecule has 2 aromatic rings. The van der Waals surface area contributed by atoms with E-state index in [1.54, 1.807) is 18.2 Å². The Labute approximate surface area is 115 Å². The SMILES string of the molecule is COc1ccc(C(=O)NCc2cccc(F)c2)c(O)c1. The number of hydrogen-bond donors (Lipinski definition) is 2. The first-order chi connectivity index (χ1) is 9.60. The Morgan fingerprint density at radius 3 is 2.75 bits per heavy atom. The number of nitrogens with one attached hydrogen (secondary N) is 1. The number of phenolic OH excluding ortho intramolecular Hbond substituents is 1. The van der Waals surface area contributed by atoms with E-state index in [-0.39, 0.29) is 23.7 Å². The fraction of sp³-hybridized carbons (Fsp3) is 0.133. The molecule has 2 aromatic carbocycles. The van der Waals surface area contributed by atoms with E-state index in [9.17, 15) is 14.3 Å². The molecule has 0 aliphatic carbocycles. The zero-order valence-corrected chi connectivity index (χ0v) is 10.9. The maximum absolute atomic E-state index is 13.0. The van der Waals surface area contributed by atoms with Crippen molar-refractivity contribution in [1.29, 1.82) is 0 Å². The van der Waals surface area contributed by atoms with Crippen LogP contribution in [0.5, 0.6) is 11.5 Å². The van der Waals surface area contributed by atoms with Crippen molar-refractivity contribution in [3.05, 3.63) is 59.4 Å². The number of carbonyl (C=O) groups is 1. The molecule has 20 heavy (non-hydrogen) atoms. The van der Waals surface area contributed by atoms with Gasteiger partial charge in [0.25, 0.3) is 5.91 Å². The van der Waals surface area contributed by atoms with E-state index in [1.807, 2.05) is 0 Å². The van der Waals surface area contributed by atoms with Gasteiger partial charge in [0.15, 0.2) is 0 Å². The summed E-state index contributed by atoms with van der Waals surface area (Å²) in [6, 6.07) is 10.4. The largest absolute Gasteiger partial charge is 0.507 e. The van der Waals surface area contributed by atoms with Gasteiger partial charge in [-0.2, -0.15) is 0 Å². The molecule has 2 N–H and O–H groups in total. The summed E-state index contributed by atoms with van der Waals surface area (Å²) in [6.07, 6.45) is 0. The van der Waals surface area contributed by atoms with E-state index in [2.05, 4.69) is 5.32 Å². The lowest BCUT2D eigenvalue weighted by Crippen LogP contribution is -2.22. The number of aromatic hydroxyl groups is 1. The van der Waals surface area contributed by atoms with Gasteiger partial charge in [0.1, 0.15) is 17.3 Å². The van der Waals surface area contributed by atoms with Crippen molar-refractivity contribution in [3.63, 3.8) is 0 Å². The number of hydrogen-bond acceptors (Lipinski definition) is 3. The fourth-order valence-electron chi connectivity index (χ4n) is 1.75. The monoisotopic (exact) mass is 275 g/mol. The number of phenols is 1. The summed E-state index contributed by atoms with van der Waals surface area (Å²) >= 11 is 0. The lowest BCUT2D eigenvalue weighted by atomic mass is 10.1. The van der Waals surface area contributed by atoms with Crippen LogP contribution in [0.4, 0.5) is 4.39 Å². The van der Waals surface area contributed by atoms with Gasteiger partial charge in [-0.3, -0.25) is 4.79 Å². The van der Waals surface area contributed by atoms with Gasteiger partial charge in [0, 0.05) is 12.6 Å². The molecule has 0 saturated carbocycles. The van der Waals surface area contributed by atoms with Crippen LogP contribution in [0.25, 0.3) is 0 Å². The van der Waals surface area contributed by atoms with Crippen LogP contribution in [0, 0.1) is 5.82 Å². The minimum Gasteiger partial charge on any atom is -0.507 e. The summed E-state index contributed by atoms with van der Waals surface area (Å²) in [5.74, 6) is -0.497. The van der Waals surface area contributed by atoms with E-state index >= 15 is 0 Å². The molecular formula is C15H14FNO3. The highest BCUT2D eigenvalue weighted by Gasteiger charge is 2.11. The molecule has 0 unspecified atom stereocenters. The number of rotatable bonds is 4. The number of halogens is 1. The summed E-state index contributed by atoms with van der Waals surface area (Å²) in [6.45, 7) is 0.183. The molecule has 0 radical (unpaired) electrons. The van der Waals surface area contributed by atoms with Gasteiger partial charge in [-0.15, -0.1) is 0 Å². The third kappa shape index (κ3) is 3.26. The molecular weight excluding hydrogens is 261 g/mol. The van der Waals surface area contributed by atoms with Gasteiger partial charge in [-0.1, -0.05) is 12.1 Å². The number of ether oxygens (including phenoxy) is 1. The minimum atomic E-state index is -0.436. The predicted octanol–water partition coefficient (Wildman–Crippen LogP) is 2.47. The smallest absolute Gasteiger partial charge is 0.255 e. The average molecular weight is 275 g/mol. The van der Waals surface area contributed by atoms with Crippen molar-refractivity contribution < 1.29 is 19.0 Å². The maximum Gasteiger partial charge on any atom is 0.255 e. The average Bonchev–Trinajstić information content (AvgIpc) is 2.44. The van der Waals surface area contributed by atoms with Crippen LogP contribution in [0.3, 0.4) is 0 Å². The molecule has 0 aliphatic heterocycles. The Morgan fingerprint density at radius 1 is 1.30 bits per heavy atom. The Bertz CT molecular complexity index is 628. The molecule has 104 valence electrons.